The molecule has 0 radical (unpaired) electrons. The number of aliphatic hydroxyl groups is 5. The van der Waals surface area contributed by atoms with Crippen molar-refractivity contribution in [2.45, 2.75) is 167 Å². The quantitative estimate of drug-likeness (QED) is 0.219. The number of aliphatic hydroxyl groups excluding tert-OH is 4. The molecule has 11 nitrogen and oxygen atoms in total. The van der Waals surface area contributed by atoms with Gasteiger partial charge in [0.05, 0.1) is 24.4 Å². The molecule has 3 unspecified atom stereocenters. The fourth-order valence-electron chi connectivity index (χ4n) is 14.3. The maximum absolute atomic E-state index is 12.9. The predicted molar refractivity (Wildman–Crippen MR) is 170 cm³/mol. The second-order valence-electron chi connectivity index (χ2n) is 18.9. The van der Waals surface area contributed by atoms with Gasteiger partial charge in [0.25, 0.3) is 0 Å². The van der Waals surface area contributed by atoms with Crippen molar-refractivity contribution in [2.75, 3.05) is 6.61 Å². The largest absolute Gasteiger partial charge is 0.462 e. The summed E-state index contributed by atoms with van der Waals surface area (Å²) >= 11 is 0. The normalized spacial score (nSPS) is 59.4. The van der Waals surface area contributed by atoms with Crippen LogP contribution in [0.5, 0.6) is 0 Å². The van der Waals surface area contributed by atoms with Crippen molar-refractivity contribution in [1.29, 1.82) is 0 Å². The third-order valence-electron chi connectivity index (χ3n) is 16.2. The lowest BCUT2D eigenvalue weighted by Gasteiger charge is -2.65. The van der Waals surface area contributed by atoms with E-state index in [0.717, 1.165) is 38.5 Å². The zero-order valence-corrected chi connectivity index (χ0v) is 29.8. The molecular weight excluding hydrogens is 620 g/mol. The fourth-order valence-corrected chi connectivity index (χ4v) is 14.3. The first-order chi connectivity index (χ1) is 22.2. The Balaban J connectivity index is 1.16. The van der Waals surface area contributed by atoms with Crippen molar-refractivity contribution in [3.63, 3.8) is 0 Å². The molecular formula is C37H58O11. The second-order valence-corrected chi connectivity index (χ2v) is 18.9. The van der Waals surface area contributed by atoms with E-state index in [9.17, 15) is 30.3 Å². The van der Waals surface area contributed by atoms with Gasteiger partial charge in [-0.15, -0.1) is 0 Å². The number of fused-ring (bicyclic) bond motifs is 4. The zero-order valence-electron chi connectivity index (χ0n) is 29.8. The standard InChI is InChI=1S/C37H58O11/c1-17-13-20-28(32(5,6)43)48-37(47-20)27(17)34(8)24(45-18(2)38)14-36-16-35(36)12-11-23(46-29-26(41)25(40)19(39)15-44-29)31(3,4)21(35)9-10-22(36)33(34,7)30(37)42/h17,19-30,39-43H,9-16H2,1-8H3/t17?,19-,20+,21-,22-,23-,24+,25-,26+,27?,28-,29-,30+,33+,34+,35+,36-,37?/m0/s1. The Hall–Kier alpha value is -0.890. The van der Waals surface area contributed by atoms with Crippen molar-refractivity contribution >= 4 is 5.97 Å². The Kier molecular flexibility index (Phi) is 7.24. The summed E-state index contributed by atoms with van der Waals surface area (Å²) in [7, 11) is 0. The molecule has 11 heteroatoms. The molecule has 0 aromatic heterocycles. The second kappa shape index (κ2) is 10.2. The zero-order chi connectivity index (χ0) is 34.8. The Morgan fingerprint density at radius 2 is 1.58 bits per heavy atom. The van der Waals surface area contributed by atoms with Crippen LogP contribution in [0.15, 0.2) is 0 Å². The van der Waals surface area contributed by atoms with E-state index in [4.69, 9.17) is 23.7 Å². The molecule has 0 amide bonds. The molecule has 5 N–H and O–H groups in total. The first-order valence-electron chi connectivity index (χ1n) is 18.5. The van der Waals surface area contributed by atoms with Crippen LogP contribution >= 0.6 is 0 Å². The van der Waals surface area contributed by atoms with E-state index in [1.807, 2.05) is 0 Å². The molecule has 18 atom stereocenters. The third-order valence-corrected chi connectivity index (χ3v) is 16.2. The summed E-state index contributed by atoms with van der Waals surface area (Å²) in [5, 5.41) is 55.0. The van der Waals surface area contributed by atoms with Gasteiger partial charge in [0.2, 0.25) is 0 Å². The first-order valence-corrected chi connectivity index (χ1v) is 18.5. The Morgan fingerprint density at radius 1 is 0.896 bits per heavy atom. The van der Waals surface area contributed by atoms with Crippen molar-refractivity contribution in [3.05, 3.63) is 0 Å². The molecule has 8 fully saturated rings. The van der Waals surface area contributed by atoms with Gasteiger partial charge in [-0.2, -0.15) is 0 Å². The lowest BCUT2D eigenvalue weighted by Crippen LogP contribution is -2.65. The number of rotatable bonds is 4. The molecule has 48 heavy (non-hydrogen) atoms. The summed E-state index contributed by atoms with van der Waals surface area (Å²) in [5.41, 5.74) is -2.98. The van der Waals surface area contributed by atoms with Crippen LogP contribution in [-0.4, -0.2) is 105 Å². The lowest BCUT2D eigenvalue weighted by atomic mass is 9.40. The SMILES string of the molecule is CC(=O)O[C@@H]1C[C@@]23C[C@@]24CC[C@H](O[C@@H]2OC[C@H](O)[C@H](O)[C@H]2O)C(C)(C)[C@@H]4CC[C@H]3[C@]2(C)[C@@H](O)C34O[C@H](CC(C)C3[C@@]12C)[C@@H](C(C)(C)O)O4. The number of hydrogen-bond donors (Lipinski definition) is 5. The number of ether oxygens (including phenoxy) is 5. The minimum atomic E-state index is -1.34. The average molecular weight is 679 g/mol. The highest BCUT2D eigenvalue weighted by atomic mass is 16.8. The van der Waals surface area contributed by atoms with Crippen LogP contribution < -0.4 is 0 Å². The number of carbonyl (C=O) groups excluding carboxylic acids is 1. The van der Waals surface area contributed by atoms with Gasteiger partial charge >= 0.3 is 5.97 Å². The molecule has 8 rings (SSSR count). The molecule has 3 spiro atoms. The van der Waals surface area contributed by atoms with Crippen molar-refractivity contribution in [2.24, 2.45) is 50.7 Å². The smallest absolute Gasteiger partial charge is 0.302 e. The van der Waals surface area contributed by atoms with Gasteiger partial charge in [0.15, 0.2) is 12.1 Å². The van der Waals surface area contributed by atoms with E-state index in [-0.39, 0.29) is 64.7 Å². The Bertz CT molecular complexity index is 1350. The summed E-state index contributed by atoms with van der Waals surface area (Å²) in [4.78, 5) is 12.9. The Morgan fingerprint density at radius 3 is 2.25 bits per heavy atom. The monoisotopic (exact) mass is 678 g/mol. The van der Waals surface area contributed by atoms with Crippen LogP contribution in [0, 0.1) is 50.7 Å². The highest BCUT2D eigenvalue weighted by Crippen LogP contribution is 2.90. The third kappa shape index (κ3) is 3.90. The summed E-state index contributed by atoms with van der Waals surface area (Å²) in [6, 6.07) is 0. The van der Waals surface area contributed by atoms with E-state index in [1.54, 1.807) is 13.8 Å². The molecule has 5 saturated carbocycles. The molecule has 3 heterocycles. The minimum Gasteiger partial charge on any atom is -0.462 e. The van der Waals surface area contributed by atoms with Crippen molar-refractivity contribution < 1.29 is 54.0 Å². The van der Waals surface area contributed by atoms with E-state index in [1.165, 1.54) is 6.92 Å². The summed E-state index contributed by atoms with van der Waals surface area (Å²) < 4.78 is 32.2. The minimum absolute atomic E-state index is 0.0317. The molecule has 5 aliphatic carbocycles. The van der Waals surface area contributed by atoms with E-state index in [2.05, 4.69) is 34.6 Å². The maximum atomic E-state index is 12.9. The highest BCUT2D eigenvalue weighted by Gasteiger charge is 2.90. The fraction of sp³-hybridized carbons (Fsp3) is 0.973. The molecule has 2 bridgehead atoms. The number of hydrogen-bond acceptors (Lipinski definition) is 11. The van der Waals surface area contributed by atoms with Crippen LogP contribution in [0.1, 0.15) is 100 Å². The van der Waals surface area contributed by atoms with E-state index < -0.39 is 65.1 Å². The van der Waals surface area contributed by atoms with Gasteiger partial charge < -0.3 is 49.2 Å². The van der Waals surface area contributed by atoms with Crippen LogP contribution in [-0.2, 0) is 28.5 Å². The number of carbonyl (C=O) groups is 1. The lowest BCUT2D eigenvalue weighted by molar-refractivity contribution is -0.304. The molecule has 272 valence electrons. The van der Waals surface area contributed by atoms with Gasteiger partial charge in [-0.05, 0) is 92.8 Å². The van der Waals surface area contributed by atoms with Crippen molar-refractivity contribution in [3.8, 4) is 0 Å². The molecule has 0 aromatic rings. The average Bonchev–Trinajstić information content (AvgIpc) is 3.48. The van der Waals surface area contributed by atoms with Gasteiger partial charge in [-0.1, -0.05) is 34.6 Å². The summed E-state index contributed by atoms with van der Waals surface area (Å²) in [6.07, 6.45) is -1.55. The van der Waals surface area contributed by atoms with Gasteiger partial charge in [-0.3, -0.25) is 4.79 Å². The highest BCUT2D eigenvalue weighted by molar-refractivity contribution is 5.66. The van der Waals surface area contributed by atoms with Gasteiger partial charge in [0.1, 0.15) is 36.6 Å². The number of esters is 1. The molecule has 3 aliphatic heterocycles. The Labute approximate surface area is 284 Å². The van der Waals surface area contributed by atoms with Gasteiger partial charge in [-0.25, -0.2) is 0 Å². The summed E-state index contributed by atoms with van der Waals surface area (Å²) in [6.45, 7) is 16.0. The maximum Gasteiger partial charge on any atom is 0.302 e. The van der Waals surface area contributed by atoms with E-state index in [0.29, 0.717) is 6.42 Å². The predicted octanol–water partition coefficient (Wildman–Crippen LogP) is 2.66. The first kappa shape index (κ1) is 34.2. The molecule has 8 aliphatic rings. The van der Waals surface area contributed by atoms with E-state index >= 15 is 0 Å². The molecule has 3 saturated heterocycles. The van der Waals surface area contributed by atoms with Crippen LogP contribution in [0.3, 0.4) is 0 Å². The van der Waals surface area contributed by atoms with Crippen LogP contribution in [0.25, 0.3) is 0 Å². The van der Waals surface area contributed by atoms with Gasteiger partial charge in [0, 0.05) is 23.7 Å². The molecule has 0 aromatic carbocycles. The summed E-state index contributed by atoms with van der Waals surface area (Å²) in [5.74, 6) is -1.33. The van der Waals surface area contributed by atoms with Crippen molar-refractivity contribution in [1.82, 2.24) is 0 Å². The van der Waals surface area contributed by atoms with Crippen LogP contribution in [0.2, 0.25) is 0 Å². The van der Waals surface area contributed by atoms with Crippen LogP contribution in [0.4, 0.5) is 0 Å². The topological polar surface area (TPSA) is 164 Å².